The number of halogens is 3. The summed E-state index contributed by atoms with van der Waals surface area (Å²) in [5.74, 6) is -1.09. The molecule has 1 saturated carbocycles. The molecule has 5 rings (SSSR count). The molecule has 0 amide bonds. The van der Waals surface area contributed by atoms with Crippen molar-refractivity contribution in [2.45, 2.75) is 89.4 Å². The Kier molecular flexibility index (Phi) is 15.0. The highest BCUT2D eigenvalue weighted by molar-refractivity contribution is 5.21. The summed E-state index contributed by atoms with van der Waals surface area (Å²) < 4.78 is 40.7. The first-order chi connectivity index (χ1) is 20.3. The summed E-state index contributed by atoms with van der Waals surface area (Å²) >= 11 is 0. The fraction of sp³-hybridized carbons (Fsp3) is 0.611. The van der Waals surface area contributed by atoms with Gasteiger partial charge in [0.2, 0.25) is 0 Å². The summed E-state index contributed by atoms with van der Waals surface area (Å²) in [6, 6.07) is 15.6. The molecule has 0 unspecified atom stereocenters. The number of rotatable bonds is 10. The zero-order valence-electron chi connectivity index (χ0n) is 25.9. The van der Waals surface area contributed by atoms with Crippen molar-refractivity contribution in [1.29, 1.82) is 0 Å². The Labute approximate surface area is 252 Å². The Morgan fingerprint density at radius 1 is 0.881 bits per heavy atom. The van der Waals surface area contributed by atoms with Gasteiger partial charge in [0.1, 0.15) is 5.82 Å². The van der Waals surface area contributed by atoms with Crippen LogP contribution in [0.15, 0.2) is 66.9 Å². The molecule has 3 nitrogen and oxygen atoms in total. The van der Waals surface area contributed by atoms with Gasteiger partial charge in [-0.1, -0.05) is 81.1 Å². The van der Waals surface area contributed by atoms with E-state index in [1.54, 1.807) is 11.6 Å². The summed E-state index contributed by atoms with van der Waals surface area (Å²) in [6.45, 7) is 8.00. The molecular formula is C36H53F3N2O. The van der Waals surface area contributed by atoms with E-state index in [1.165, 1.54) is 63.9 Å². The van der Waals surface area contributed by atoms with Crippen LogP contribution < -0.4 is 0 Å². The second kappa shape index (κ2) is 18.4. The molecule has 0 aromatic heterocycles. The molecule has 2 aliphatic heterocycles. The molecule has 2 aromatic carbocycles. The lowest BCUT2D eigenvalue weighted by molar-refractivity contribution is -0.0214. The van der Waals surface area contributed by atoms with Crippen LogP contribution in [0.3, 0.4) is 0 Å². The lowest BCUT2D eigenvalue weighted by Crippen LogP contribution is -2.30. The molecule has 2 saturated heterocycles. The van der Waals surface area contributed by atoms with Crippen LogP contribution in [0.25, 0.3) is 0 Å². The highest BCUT2D eigenvalue weighted by Crippen LogP contribution is 2.36. The van der Waals surface area contributed by atoms with Crippen molar-refractivity contribution in [3.63, 3.8) is 0 Å². The molecule has 2 heterocycles. The van der Waals surface area contributed by atoms with Gasteiger partial charge in [-0.05, 0) is 107 Å². The van der Waals surface area contributed by atoms with Crippen molar-refractivity contribution in [3.05, 3.63) is 83.9 Å². The largest absolute Gasteiger partial charge is 0.516 e. The van der Waals surface area contributed by atoms with Crippen molar-refractivity contribution in [2.75, 3.05) is 39.8 Å². The monoisotopic (exact) mass is 586 g/mol. The normalized spacial score (nSPS) is 20.5. The summed E-state index contributed by atoms with van der Waals surface area (Å²) in [6.07, 6.45) is 14.6. The first-order valence-electron chi connectivity index (χ1n) is 16.2. The predicted molar refractivity (Wildman–Crippen MR) is 169 cm³/mol. The highest BCUT2D eigenvalue weighted by Gasteiger charge is 2.32. The van der Waals surface area contributed by atoms with Gasteiger partial charge in [-0.25, -0.2) is 13.2 Å². The molecular weight excluding hydrogens is 533 g/mol. The van der Waals surface area contributed by atoms with E-state index >= 15 is 0 Å². The van der Waals surface area contributed by atoms with Crippen LogP contribution in [0.5, 0.6) is 0 Å². The zero-order valence-corrected chi connectivity index (χ0v) is 25.9. The number of aliphatic hydroxyl groups excluding tert-OH is 1. The second-order valence-corrected chi connectivity index (χ2v) is 12.5. The van der Waals surface area contributed by atoms with Gasteiger partial charge in [0.05, 0.1) is 6.26 Å². The molecule has 3 aliphatic rings. The van der Waals surface area contributed by atoms with E-state index in [0.717, 1.165) is 69.0 Å². The number of unbranched alkanes of at least 4 members (excludes halogenated alkanes) is 1. The van der Waals surface area contributed by atoms with Crippen LogP contribution in [-0.2, 0) is 5.92 Å². The van der Waals surface area contributed by atoms with Gasteiger partial charge in [0, 0.05) is 18.5 Å². The lowest BCUT2D eigenvalue weighted by atomic mass is 9.83. The molecule has 6 heteroatoms. The molecule has 234 valence electrons. The van der Waals surface area contributed by atoms with E-state index < -0.39 is 11.7 Å². The van der Waals surface area contributed by atoms with Crippen LogP contribution in [0, 0.1) is 17.7 Å². The zero-order chi connectivity index (χ0) is 30.2. The Morgan fingerprint density at radius 2 is 1.55 bits per heavy atom. The minimum atomic E-state index is -2.85. The maximum absolute atomic E-state index is 14.0. The summed E-state index contributed by atoms with van der Waals surface area (Å²) in [5.41, 5.74) is 1.46. The number of allylic oxidation sites excluding steroid dienone is 1. The topological polar surface area (TPSA) is 26.7 Å². The number of hydrogen-bond acceptors (Lipinski definition) is 3. The number of hydrogen-bond donors (Lipinski definition) is 1. The smallest absolute Gasteiger partial charge is 0.273 e. The van der Waals surface area contributed by atoms with Crippen LogP contribution in [0.4, 0.5) is 13.2 Å². The van der Waals surface area contributed by atoms with Crippen molar-refractivity contribution in [1.82, 2.24) is 9.80 Å². The molecule has 0 radical (unpaired) electrons. The highest BCUT2D eigenvalue weighted by atomic mass is 19.3. The SMILES string of the molecule is CCC/C=C/O.CN1CCC(CCC(F)(F)c2ccc(F)cc2)CC1.c1ccc([C@@H]2CCN(CCC3CCC3)C2)cc1. The van der Waals surface area contributed by atoms with Crippen LogP contribution in [-0.4, -0.2) is 54.7 Å². The van der Waals surface area contributed by atoms with Crippen molar-refractivity contribution in [2.24, 2.45) is 11.8 Å². The number of piperidine rings is 1. The quantitative estimate of drug-likeness (QED) is 0.281. The molecule has 0 bridgehead atoms. The number of alkyl halides is 2. The molecule has 1 atom stereocenters. The molecule has 1 aliphatic carbocycles. The number of likely N-dealkylation sites (tertiary alicyclic amines) is 2. The van der Waals surface area contributed by atoms with Crippen LogP contribution >= 0.6 is 0 Å². The number of aliphatic hydroxyl groups is 1. The average Bonchev–Trinajstić information content (AvgIpc) is 3.45. The van der Waals surface area contributed by atoms with E-state index in [-0.39, 0.29) is 12.0 Å². The summed E-state index contributed by atoms with van der Waals surface area (Å²) in [7, 11) is 2.06. The van der Waals surface area contributed by atoms with Crippen molar-refractivity contribution < 1.29 is 18.3 Å². The number of nitrogens with zero attached hydrogens (tertiary/aromatic N) is 2. The minimum Gasteiger partial charge on any atom is -0.516 e. The van der Waals surface area contributed by atoms with E-state index in [4.69, 9.17) is 5.11 Å². The third-order valence-corrected chi connectivity index (χ3v) is 9.15. The standard InChI is InChI=1S/C16H23N.C15H20F3N.C5H10O/c1-2-7-15(8-3-1)16-10-12-17(13-16)11-9-14-5-4-6-14;1-19-10-7-12(8-11-19)6-9-15(17,18)13-2-4-14(16)5-3-13;1-2-3-4-5-6/h1-3,7-8,14,16H,4-6,9-13H2;2-5,12H,6-11H2,1H3;4-6H,2-3H2,1H3/b;;5-4+/t16-;;/m1../s1. The van der Waals surface area contributed by atoms with Gasteiger partial charge < -0.3 is 14.9 Å². The molecule has 3 fully saturated rings. The van der Waals surface area contributed by atoms with Crippen molar-refractivity contribution >= 4 is 0 Å². The van der Waals surface area contributed by atoms with Crippen LogP contribution in [0.1, 0.15) is 94.6 Å². The minimum absolute atomic E-state index is 0.0816. The lowest BCUT2D eigenvalue weighted by Gasteiger charge is -2.29. The molecule has 42 heavy (non-hydrogen) atoms. The summed E-state index contributed by atoms with van der Waals surface area (Å²) in [4.78, 5) is 4.91. The van der Waals surface area contributed by atoms with Gasteiger partial charge in [-0.3, -0.25) is 0 Å². The Morgan fingerprint density at radius 3 is 2.12 bits per heavy atom. The predicted octanol–water partition coefficient (Wildman–Crippen LogP) is 9.56. The van der Waals surface area contributed by atoms with E-state index in [2.05, 4.69) is 54.1 Å². The fourth-order valence-corrected chi connectivity index (χ4v) is 6.00. The molecule has 2 aromatic rings. The molecule has 1 N–H and O–H groups in total. The van der Waals surface area contributed by atoms with Gasteiger partial charge in [-0.15, -0.1) is 0 Å². The first-order valence-corrected chi connectivity index (χ1v) is 16.2. The Bertz CT molecular complexity index is 1000. The third kappa shape index (κ3) is 12.1. The van der Waals surface area contributed by atoms with Gasteiger partial charge >= 0.3 is 0 Å². The van der Waals surface area contributed by atoms with Gasteiger partial charge in [0.15, 0.2) is 0 Å². The average molecular weight is 587 g/mol. The van der Waals surface area contributed by atoms with Crippen molar-refractivity contribution in [3.8, 4) is 0 Å². The third-order valence-electron chi connectivity index (χ3n) is 9.15. The number of benzene rings is 2. The van der Waals surface area contributed by atoms with Gasteiger partial charge in [0.25, 0.3) is 5.92 Å². The van der Waals surface area contributed by atoms with E-state index in [1.807, 2.05) is 0 Å². The summed E-state index contributed by atoms with van der Waals surface area (Å²) in [5, 5.41) is 8.02. The maximum atomic E-state index is 14.0. The fourth-order valence-electron chi connectivity index (χ4n) is 6.00. The van der Waals surface area contributed by atoms with E-state index in [0.29, 0.717) is 12.3 Å². The Balaban J connectivity index is 0.000000195. The second-order valence-electron chi connectivity index (χ2n) is 12.5. The Hall–Kier alpha value is -2.31. The van der Waals surface area contributed by atoms with Crippen LogP contribution in [0.2, 0.25) is 0 Å². The van der Waals surface area contributed by atoms with Gasteiger partial charge in [-0.2, -0.15) is 0 Å². The van der Waals surface area contributed by atoms with E-state index in [9.17, 15) is 13.2 Å². The molecule has 0 spiro atoms. The first kappa shape index (κ1) is 34.2. The maximum Gasteiger partial charge on any atom is 0.273 e.